The third-order valence-corrected chi connectivity index (χ3v) is 3.92. The molecule has 3 aromatic rings. The lowest BCUT2D eigenvalue weighted by Gasteiger charge is -2.14. The minimum atomic E-state index is -0.421. The van der Waals surface area contributed by atoms with Crippen molar-refractivity contribution in [3.63, 3.8) is 0 Å². The summed E-state index contributed by atoms with van der Waals surface area (Å²) in [6.45, 7) is 1.79. The first kappa shape index (κ1) is 16.7. The van der Waals surface area contributed by atoms with Crippen LogP contribution in [0.3, 0.4) is 0 Å². The van der Waals surface area contributed by atoms with E-state index in [1.165, 1.54) is 28.6 Å². The maximum Gasteiger partial charge on any atom is 0.253 e. The molecule has 3 heterocycles. The van der Waals surface area contributed by atoms with Crippen LogP contribution in [0.1, 0.15) is 18.8 Å². The van der Waals surface area contributed by atoms with Gasteiger partial charge in [0.15, 0.2) is 0 Å². The average Bonchev–Trinajstić information content (AvgIpc) is 3.10. The number of nitrogens with zero attached hydrogens (tertiary/aromatic N) is 6. The van der Waals surface area contributed by atoms with Crippen LogP contribution in [0.4, 0.5) is 0 Å². The Kier molecular flexibility index (Phi) is 4.50. The number of nitriles is 1. The van der Waals surface area contributed by atoms with Gasteiger partial charge in [-0.3, -0.25) is 9.36 Å². The normalized spacial score (nSPS) is 11.8. The topological polar surface area (TPSA) is 98.6 Å². The first-order chi connectivity index (χ1) is 12.0. The number of rotatable bonds is 4. The number of methoxy groups -OCH3 is 1. The van der Waals surface area contributed by atoms with Gasteiger partial charge in [-0.2, -0.15) is 5.26 Å². The molecule has 0 N–H and O–H groups in total. The smallest absolute Gasteiger partial charge is 0.253 e. The summed E-state index contributed by atoms with van der Waals surface area (Å²) in [6, 6.07) is 6.63. The second-order valence-electron chi connectivity index (χ2n) is 5.19. The van der Waals surface area contributed by atoms with E-state index in [-0.39, 0.29) is 11.3 Å². The van der Waals surface area contributed by atoms with Gasteiger partial charge in [-0.25, -0.2) is 9.67 Å². The Hall–Kier alpha value is -3.18. The van der Waals surface area contributed by atoms with E-state index in [1.54, 1.807) is 31.5 Å². The molecule has 0 radical (unpaired) electrons. The quantitative estimate of drug-likeness (QED) is 0.709. The first-order valence-corrected chi connectivity index (χ1v) is 7.65. The van der Waals surface area contributed by atoms with Crippen LogP contribution in [0.15, 0.2) is 41.6 Å². The lowest BCUT2D eigenvalue weighted by atomic mass is 10.1. The van der Waals surface area contributed by atoms with Crippen molar-refractivity contribution in [1.29, 1.82) is 5.26 Å². The van der Waals surface area contributed by atoms with Crippen LogP contribution in [0.25, 0.3) is 11.3 Å². The molecule has 0 saturated heterocycles. The van der Waals surface area contributed by atoms with Crippen molar-refractivity contribution >= 4 is 11.6 Å². The van der Waals surface area contributed by atoms with Crippen LogP contribution in [0.2, 0.25) is 5.02 Å². The Bertz CT molecular complexity index is 1020. The van der Waals surface area contributed by atoms with E-state index in [0.717, 1.165) is 0 Å². The zero-order chi connectivity index (χ0) is 18.0. The van der Waals surface area contributed by atoms with Crippen molar-refractivity contribution < 1.29 is 4.74 Å². The highest BCUT2D eigenvalue weighted by molar-refractivity contribution is 6.30. The van der Waals surface area contributed by atoms with E-state index in [9.17, 15) is 10.1 Å². The second-order valence-corrected chi connectivity index (χ2v) is 5.63. The molecule has 0 saturated carbocycles. The van der Waals surface area contributed by atoms with Crippen molar-refractivity contribution in [1.82, 2.24) is 24.5 Å². The molecule has 8 nitrogen and oxygen atoms in total. The van der Waals surface area contributed by atoms with Gasteiger partial charge in [0.25, 0.3) is 5.56 Å². The summed E-state index contributed by atoms with van der Waals surface area (Å²) in [6.07, 6.45) is 4.27. The van der Waals surface area contributed by atoms with Gasteiger partial charge < -0.3 is 4.74 Å². The highest BCUT2D eigenvalue weighted by Crippen LogP contribution is 2.24. The molecule has 0 aliphatic heterocycles. The summed E-state index contributed by atoms with van der Waals surface area (Å²) in [4.78, 5) is 16.1. The maximum atomic E-state index is 12.1. The molecular formula is C16H13ClN6O2. The molecule has 0 aliphatic carbocycles. The highest BCUT2D eigenvalue weighted by atomic mass is 35.5. The van der Waals surface area contributed by atoms with Gasteiger partial charge in [-0.05, 0) is 19.1 Å². The molecule has 0 bridgehead atoms. The van der Waals surface area contributed by atoms with Crippen molar-refractivity contribution in [2.24, 2.45) is 0 Å². The van der Waals surface area contributed by atoms with Gasteiger partial charge in [-0.1, -0.05) is 16.8 Å². The van der Waals surface area contributed by atoms with E-state index in [4.69, 9.17) is 16.3 Å². The SMILES string of the molecule is COc1cnc(C#N)c(-c2cn(C(C)n3ccc(Cl)cc3=O)nn2)c1. The molecule has 1 atom stereocenters. The molecule has 25 heavy (non-hydrogen) atoms. The van der Waals surface area contributed by atoms with E-state index >= 15 is 0 Å². The minimum absolute atomic E-state index is 0.212. The van der Waals surface area contributed by atoms with E-state index < -0.39 is 6.17 Å². The Balaban J connectivity index is 2.01. The number of aromatic nitrogens is 5. The zero-order valence-electron chi connectivity index (χ0n) is 13.4. The van der Waals surface area contributed by atoms with Gasteiger partial charge in [0.05, 0.1) is 19.5 Å². The van der Waals surface area contributed by atoms with Gasteiger partial charge in [0.1, 0.15) is 29.4 Å². The number of hydrogen-bond acceptors (Lipinski definition) is 6. The van der Waals surface area contributed by atoms with E-state index in [1.807, 2.05) is 6.07 Å². The minimum Gasteiger partial charge on any atom is -0.495 e. The van der Waals surface area contributed by atoms with Crippen LogP contribution in [-0.2, 0) is 0 Å². The highest BCUT2D eigenvalue weighted by Gasteiger charge is 2.15. The van der Waals surface area contributed by atoms with E-state index in [0.29, 0.717) is 22.0 Å². The number of hydrogen-bond donors (Lipinski definition) is 0. The third kappa shape index (κ3) is 3.22. The van der Waals surface area contributed by atoms with Crippen molar-refractivity contribution in [2.75, 3.05) is 7.11 Å². The fourth-order valence-electron chi connectivity index (χ4n) is 2.33. The molecule has 0 fully saturated rings. The van der Waals surface area contributed by atoms with E-state index in [2.05, 4.69) is 15.3 Å². The summed E-state index contributed by atoms with van der Waals surface area (Å²) >= 11 is 5.82. The molecular weight excluding hydrogens is 344 g/mol. The van der Waals surface area contributed by atoms with Gasteiger partial charge >= 0.3 is 0 Å². The average molecular weight is 357 g/mol. The summed E-state index contributed by atoms with van der Waals surface area (Å²) < 4.78 is 8.13. The predicted octanol–water partition coefficient (Wildman–Crippen LogP) is 2.10. The molecule has 0 aromatic carbocycles. The fraction of sp³-hybridized carbons (Fsp3) is 0.188. The van der Waals surface area contributed by atoms with Crippen molar-refractivity contribution in [3.8, 4) is 23.1 Å². The number of ether oxygens (including phenoxy) is 1. The summed E-state index contributed by atoms with van der Waals surface area (Å²) in [5.41, 5.74) is 0.919. The molecule has 0 aliphatic rings. The molecule has 3 aromatic heterocycles. The maximum absolute atomic E-state index is 12.1. The first-order valence-electron chi connectivity index (χ1n) is 7.27. The zero-order valence-corrected chi connectivity index (χ0v) is 14.2. The molecule has 3 rings (SSSR count). The standard InChI is InChI=1S/C16H13ClN6O2/c1-10(22-4-3-11(17)5-16(22)24)23-9-15(20-21-23)13-6-12(25-2)8-19-14(13)7-18/h3-6,8-10H,1-2H3. The van der Waals surface area contributed by atoms with Crippen LogP contribution in [-0.4, -0.2) is 31.7 Å². The fourth-order valence-corrected chi connectivity index (χ4v) is 2.48. The second kappa shape index (κ2) is 6.75. The third-order valence-electron chi connectivity index (χ3n) is 3.69. The summed E-state index contributed by atoms with van der Waals surface area (Å²) in [7, 11) is 1.51. The lowest BCUT2D eigenvalue weighted by molar-refractivity contribution is 0.405. The van der Waals surface area contributed by atoms with Crippen LogP contribution in [0, 0.1) is 11.3 Å². The van der Waals surface area contributed by atoms with Crippen LogP contribution >= 0.6 is 11.6 Å². The Morgan fingerprint density at radius 3 is 2.88 bits per heavy atom. The Morgan fingerprint density at radius 2 is 2.20 bits per heavy atom. The van der Waals surface area contributed by atoms with Crippen molar-refractivity contribution in [2.45, 2.75) is 13.1 Å². The molecule has 0 spiro atoms. The molecule has 1 unspecified atom stereocenters. The molecule has 9 heteroatoms. The monoisotopic (exact) mass is 356 g/mol. The lowest BCUT2D eigenvalue weighted by Crippen LogP contribution is -2.26. The number of pyridine rings is 2. The largest absolute Gasteiger partial charge is 0.495 e. The van der Waals surface area contributed by atoms with Crippen molar-refractivity contribution in [3.05, 3.63) is 57.9 Å². The Labute approximate surface area is 147 Å². The number of halogens is 1. The van der Waals surface area contributed by atoms with Crippen LogP contribution in [0.5, 0.6) is 5.75 Å². The Morgan fingerprint density at radius 1 is 1.40 bits per heavy atom. The predicted molar refractivity (Wildman–Crippen MR) is 90.3 cm³/mol. The van der Waals surface area contributed by atoms with Gasteiger partial charge in [-0.15, -0.1) is 5.10 Å². The molecule has 126 valence electrons. The van der Waals surface area contributed by atoms with Crippen LogP contribution < -0.4 is 10.3 Å². The van der Waals surface area contributed by atoms with Gasteiger partial charge in [0.2, 0.25) is 0 Å². The summed E-state index contributed by atoms with van der Waals surface area (Å²) in [5.74, 6) is 0.505. The van der Waals surface area contributed by atoms with Gasteiger partial charge in [0, 0.05) is 22.8 Å². The molecule has 0 amide bonds. The summed E-state index contributed by atoms with van der Waals surface area (Å²) in [5, 5.41) is 17.8.